The van der Waals surface area contributed by atoms with Crippen LogP contribution in [0.1, 0.15) is 0 Å². The van der Waals surface area contributed by atoms with Gasteiger partial charge in [-0.25, -0.2) is 0 Å². The number of hydrogen-bond donors (Lipinski definition) is 0. The van der Waals surface area contributed by atoms with Crippen molar-refractivity contribution in [3.63, 3.8) is 0 Å². The van der Waals surface area contributed by atoms with Gasteiger partial charge in [-0.05, 0) is 0 Å². The first kappa shape index (κ1) is 10.7. The van der Waals surface area contributed by atoms with Crippen molar-refractivity contribution < 1.29 is 64.5 Å². The Bertz CT molecular complexity index is 278. The summed E-state index contributed by atoms with van der Waals surface area (Å²) in [5.41, 5.74) is 0. The van der Waals surface area contributed by atoms with Crippen LogP contribution in [0.15, 0.2) is 0 Å². The van der Waals surface area contributed by atoms with Crippen molar-refractivity contribution in [3.8, 4) is 0 Å². The third kappa shape index (κ3) is 236. The molecule has 37 valence electrons. The predicted octanol–water partition coefficient (Wildman–Crippen LogP) is -0.599. The van der Waals surface area contributed by atoms with Crippen LogP contribution in [0, 0.1) is 0 Å². The van der Waals surface area contributed by atoms with E-state index in [9.17, 15) is 0 Å². The smallest absolute Gasteiger partial charge is 0 e. The van der Waals surface area contributed by atoms with Crippen molar-refractivity contribution >= 4 is 0 Å². The summed E-state index contributed by atoms with van der Waals surface area (Å²) in [6.07, 6.45) is 0. The summed E-state index contributed by atoms with van der Waals surface area (Å²) in [6, 6.07) is 0. The van der Waals surface area contributed by atoms with Gasteiger partial charge in [0.2, 0.25) is 0 Å². The van der Waals surface area contributed by atoms with Gasteiger partial charge in [-0.3, -0.25) is 0 Å². The first-order chi connectivity index (χ1) is 2.24. The Morgan fingerprint density at radius 2 is 0.714 bits per heavy atom. The first-order valence-electron chi connectivity index (χ1n) is 1.02. The molecule has 0 saturated heterocycles. The van der Waals surface area contributed by atoms with E-state index in [0.717, 1.165) is 0 Å². The van der Waals surface area contributed by atoms with Gasteiger partial charge in [0.1, 0.15) is 0 Å². The number of rotatable bonds is 0. The molecule has 0 unspecified atom stereocenters. The van der Waals surface area contributed by atoms with E-state index in [2.05, 4.69) is 0 Å². The van der Waals surface area contributed by atoms with E-state index in [0.29, 0.717) is 0 Å². The van der Waals surface area contributed by atoms with Crippen molar-refractivity contribution in [2.45, 2.75) is 0 Å². The fraction of sp³-hybridized carbons (Fsp3) is 0. The summed E-state index contributed by atoms with van der Waals surface area (Å²) in [7, 11) is 0. The van der Waals surface area contributed by atoms with Crippen molar-refractivity contribution in [2.24, 2.45) is 0 Å². The van der Waals surface area contributed by atoms with Crippen molar-refractivity contribution in [3.05, 3.63) is 0 Å². The maximum Gasteiger partial charge on any atom is 0 e. The van der Waals surface area contributed by atoms with Crippen LogP contribution in [0.25, 0.3) is 0 Å². The van der Waals surface area contributed by atoms with E-state index >= 15 is 0 Å². The molecule has 0 spiro atoms. The molecule has 0 aliphatic heterocycles. The van der Waals surface area contributed by atoms with Crippen LogP contribution in [-0.4, -0.2) is 0 Å². The molecule has 0 heterocycles. The van der Waals surface area contributed by atoms with Gasteiger partial charge < -0.3 is 0 Å². The molecule has 0 aliphatic carbocycles. The third-order valence-corrected chi connectivity index (χ3v) is 0. The quantitative estimate of drug-likeness (QED) is 0.505. The first-order valence-corrected chi connectivity index (χ1v) is 4.21. The summed E-state index contributed by atoms with van der Waals surface area (Å²) in [5.74, 6) is 0. The van der Waals surface area contributed by atoms with Gasteiger partial charge in [-0.1, -0.05) is 0 Å². The summed E-state index contributed by atoms with van der Waals surface area (Å²) >= 11 is -7.85. The molecule has 0 saturated carbocycles. The molecule has 0 aromatic rings. The normalized spacial score (nSPS) is 5.00. The summed E-state index contributed by atoms with van der Waals surface area (Å²) in [5, 5.41) is 0. The van der Waals surface area contributed by atoms with E-state index in [1.165, 1.54) is 0 Å². The Morgan fingerprint density at radius 1 is 0.714 bits per heavy atom. The van der Waals surface area contributed by atoms with E-state index in [1.807, 2.05) is 0 Å². The molecular formula is O5TiY. The molecule has 1 radical (unpaired) electrons. The second-order valence-electron chi connectivity index (χ2n) is 0.833. The van der Waals surface area contributed by atoms with Gasteiger partial charge >= 0.3 is 31.8 Å². The Hall–Kier alpha value is 0.818. The van der Waals surface area contributed by atoms with Crippen LogP contribution in [-0.2, 0) is 64.5 Å². The fourth-order valence-corrected chi connectivity index (χ4v) is 0. The molecule has 0 bridgehead atoms. The van der Waals surface area contributed by atoms with Gasteiger partial charge in [-0.2, -0.15) is 0 Å². The Kier molecular flexibility index (Phi) is 3.02. The average Bonchev–Trinajstić information content (AvgIpc) is 0.650. The van der Waals surface area contributed by atoms with Crippen LogP contribution in [0.3, 0.4) is 0 Å². The molecule has 7 heteroatoms. The predicted molar refractivity (Wildman–Crippen MR) is 3.43 cm³/mol. The minimum Gasteiger partial charge on any atom is 0 e. The van der Waals surface area contributed by atoms with Crippen molar-refractivity contribution in [1.29, 1.82) is 0 Å². The molecule has 0 fully saturated rings. The number of hydrogen-bond acceptors (Lipinski definition) is 5. The molecule has 0 rings (SSSR count). The molecule has 5 nitrogen and oxygen atoms in total. The Morgan fingerprint density at radius 3 is 0.714 bits per heavy atom. The van der Waals surface area contributed by atoms with Crippen molar-refractivity contribution in [1.82, 2.24) is 0 Å². The van der Waals surface area contributed by atoms with Crippen LogP contribution in [0.5, 0.6) is 0 Å². The van der Waals surface area contributed by atoms with E-state index < -0.39 is 15.2 Å². The van der Waals surface area contributed by atoms with Gasteiger partial charge in [0.05, 0.1) is 0 Å². The molecule has 0 atom stereocenters. The topological polar surface area (TPSA) is 85.3 Å². The largest absolute Gasteiger partial charge is 0 e. The van der Waals surface area contributed by atoms with Gasteiger partial charge in [0.15, 0.2) is 0 Å². The third-order valence-electron chi connectivity index (χ3n) is 0. The maximum absolute atomic E-state index is 8.65. The maximum atomic E-state index is 8.65. The molecule has 0 N–H and O–H groups in total. The van der Waals surface area contributed by atoms with E-state index in [1.54, 1.807) is 0 Å². The zero-order chi connectivity index (χ0) is 5.45. The molecule has 7 heavy (non-hydrogen) atoms. The van der Waals surface area contributed by atoms with E-state index in [-0.39, 0.29) is 32.7 Å². The SMILES string of the molecule is [O]=[Ti](=[O])(=[O])(=[O])=[O].[Y]. The van der Waals surface area contributed by atoms with Gasteiger partial charge in [0.25, 0.3) is 0 Å². The van der Waals surface area contributed by atoms with Crippen LogP contribution in [0.2, 0.25) is 0 Å². The minimum absolute atomic E-state index is 0. The molecule has 0 aromatic heterocycles. The molecule has 0 amide bonds. The van der Waals surface area contributed by atoms with Crippen molar-refractivity contribution in [2.75, 3.05) is 0 Å². The fourth-order valence-electron chi connectivity index (χ4n) is 0. The molecular weight excluding hydrogens is 217 g/mol. The standard InChI is InChI=1S/5O.Ti.Y. The van der Waals surface area contributed by atoms with Gasteiger partial charge in [0, 0.05) is 32.7 Å². The van der Waals surface area contributed by atoms with Crippen LogP contribution < -0.4 is 0 Å². The van der Waals surface area contributed by atoms with Crippen LogP contribution in [0.4, 0.5) is 0 Å². The minimum atomic E-state index is -7.85. The second kappa shape index (κ2) is 1.97. The second-order valence-corrected chi connectivity index (χ2v) is 3.44. The van der Waals surface area contributed by atoms with E-state index in [4.69, 9.17) is 16.6 Å². The van der Waals surface area contributed by atoms with Crippen LogP contribution >= 0.6 is 0 Å². The zero-order valence-electron chi connectivity index (χ0n) is 3.12. The molecule has 0 aliphatic rings. The Labute approximate surface area is 63.8 Å². The van der Waals surface area contributed by atoms with Gasteiger partial charge in [-0.15, -0.1) is 0 Å². The summed E-state index contributed by atoms with van der Waals surface area (Å²) < 4.78 is 43.2. The summed E-state index contributed by atoms with van der Waals surface area (Å²) in [4.78, 5) is 0. The monoisotopic (exact) mass is 217 g/mol. The molecule has 0 aromatic carbocycles. The summed E-state index contributed by atoms with van der Waals surface area (Å²) in [6.45, 7) is 0. The average molecular weight is 217 g/mol. The zero-order valence-corrected chi connectivity index (χ0v) is 7.52. The Balaban J connectivity index is 0.